The van der Waals surface area contributed by atoms with Crippen molar-refractivity contribution >= 4 is 49.8 Å². The zero-order valence-corrected chi connectivity index (χ0v) is 17.1. The number of aromatic nitrogens is 2. The van der Waals surface area contributed by atoms with Gasteiger partial charge in [-0.15, -0.1) is 22.7 Å². The van der Waals surface area contributed by atoms with Gasteiger partial charge in [0.15, 0.2) is 6.61 Å². The highest BCUT2D eigenvalue weighted by Crippen LogP contribution is 2.31. The van der Waals surface area contributed by atoms with Crippen LogP contribution in [0.2, 0.25) is 0 Å². The van der Waals surface area contributed by atoms with Gasteiger partial charge in [-0.25, -0.2) is 13.9 Å². The minimum Gasteiger partial charge on any atom is -0.451 e. The molecule has 0 aliphatic rings. The Balaban J connectivity index is 1.49. The van der Waals surface area contributed by atoms with Crippen molar-refractivity contribution in [1.29, 1.82) is 5.26 Å². The molecule has 0 aliphatic heterocycles. The second kappa shape index (κ2) is 8.06. The van der Waals surface area contributed by atoms with Gasteiger partial charge in [0, 0.05) is 5.39 Å². The lowest BCUT2D eigenvalue weighted by Crippen LogP contribution is -2.20. The largest absolute Gasteiger partial charge is 0.451 e. The molecular weight excluding hydrogens is 427 g/mol. The van der Waals surface area contributed by atoms with Gasteiger partial charge < -0.3 is 10.1 Å². The van der Waals surface area contributed by atoms with E-state index in [9.17, 15) is 14.0 Å². The van der Waals surface area contributed by atoms with Gasteiger partial charge in [-0.3, -0.25) is 4.79 Å². The number of fused-ring (bicyclic) bond motifs is 1. The highest BCUT2D eigenvalue weighted by Gasteiger charge is 2.19. The molecule has 0 spiro atoms. The Morgan fingerprint density at radius 3 is 2.80 bits per heavy atom. The van der Waals surface area contributed by atoms with E-state index >= 15 is 0 Å². The Morgan fingerprint density at radius 2 is 2.07 bits per heavy atom. The fourth-order valence-corrected chi connectivity index (χ4v) is 4.59. The SMILES string of the molecule is Cc1nn(-c2ccc(F)cc2)c2sc(C(=O)OCC(=O)Nc3sccc3C#N)cc12. The monoisotopic (exact) mass is 440 g/mol. The van der Waals surface area contributed by atoms with Crippen LogP contribution in [0.4, 0.5) is 9.39 Å². The predicted molar refractivity (Wildman–Crippen MR) is 112 cm³/mol. The van der Waals surface area contributed by atoms with E-state index in [-0.39, 0.29) is 5.82 Å². The van der Waals surface area contributed by atoms with Gasteiger partial charge in [0.2, 0.25) is 0 Å². The molecule has 3 heterocycles. The van der Waals surface area contributed by atoms with E-state index in [1.807, 2.05) is 13.0 Å². The van der Waals surface area contributed by atoms with Crippen LogP contribution in [0, 0.1) is 24.1 Å². The van der Waals surface area contributed by atoms with Crippen LogP contribution in [-0.2, 0) is 9.53 Å². The van der Waals surface area contributed by atoms with Gasteiger partial charge in [0.25, 0.3) is 5.91 Å². The summed E-state index contributed by atoms with van der Waals surface area (Å²) >= 11 is 2.39. The number of benzene rings is 1. The van der Waals surface area contributed by atoms with E-state index in [1.165, 1.54) is 34.8 Å². The number of carbonyl (C=O) groups is 2. The Labute approximate surface area is 177 Å². The molecule has 0 radical (unpaired) electrons. The number of nitrogens with zero attached hydrogens (tertiary/aromatic N) is 3. The minimum atomic E-state index is -0.636. The number of ether oxygens (including phenoxy) is 1. The van der Waals surface area contributed by atoms with Crippen molar-refractivity contribution < 1.29 is 18.7 Å². The number of aryl methyl sites for hydroxylation is 1. The average molecular weight is 440 g/mol. The number of amides is 1. The van der Waals surface area contributed by atoms with Gasteiger partial charge in [-0.1, -0.05) is 0 Å². The van der Waals surface area contributed by atoms with Gasteiger partial charge in [0.1, 0.15) is 26.6 Å². The molecule has 0 fully saturated rings. The van der Waals surface area contributed by atoms with Crippen molar-refractivity contribution in [2.24, 2.45) is 0 Å². The Bertz CT molecular complexity index is 1300. The van der Waals surface area contributed by atoms with Gasteiger partial charge in [-0.05, 0) is 48.7 Å². The second-order valence-corrected chi connectivity index (χ2v) is 8.15. The summed E-state index contributed by atoms with van der Waals surface area (Å²) in [6.07, 6.45) is 0. The maximum atomic E-state index is 13.2. The number of hydrogen-bond donors (Lipinski definition) is 1. The molecule has 4 rings (SSSR count). The molecule has 1 amide bonds. The third kappa shape index (κ3) is 3.80. The molecule has 30 heavy (non-hydrogen) atoms. The molecule has 3 aromatic heterocycles. The third-order valence-corrected chi connectivity index (χ3v) is 6.11. The first-order valence-electron chi connectivity index (χ1n) is 8.66. The van der Waals surface area contributed by atoms with Crippen molar-refractivity contribution in [3.63, 3.8) is 0 Å². The van der Waals surface area contributed by atoms with Crippen LogP contribution >= 0.6 is 22.7 Å². The summed E-state index contributed by atoms with van der Waals surface area (Å²) in [6, 6.07) is 11.1. The summed E-state index contributed by atoms with van der Waals surface area (Å²) in [4.78, 5) is 25.5. The smallest absolute Gasteiger partial charge is 0.348 e. The number of rotatable bonds is 5. The maximum absolute atomic E-state index is 13.2. The van der Waals surface area contributed by atoms with Gasteiger partial charge in [-0.2, -0.15) is 10.4 Å². The van der Waals surface area contributed by atoms with Crippen LogP contribution in [0.3, 0.4) is 0 Å². The van der Waals surface area contributed by atoms with Crippen LogP contribution in [0.15, 0.2) is 41.8 Å². The molecule has 1 N–H and O–H groups in total. The summed E-state index contributed by atoms with van der Waals surface area (Å²) in [6.45, 7) is 1.34. The molecule has 0 atom stereocenters. The number of thiophene rings is 2. The predicted octanol–water partition coefficient (Wildman–Crippen LogP) is 4.26. The summed E-state index contributed by atoms with van der Waals surface area (Å²) in [5.41, 5.74) is 1.73. The van der Waals surface area contributed by atoms with Crippen LogP contribution in [-0.4, -0.2) is 28.3 Å². The van der Waals surface area contributed by atoms with Crippen molar-refractivity contribution in [3.05, 3.63) is 63.7 Å². The standard InChI is InChI=1S/C20H13FN4O3S2/c1-11-15-8-16(30-19(15)25(24-11)14-4-2-13(21)3-5-14)20(27)28-10-17(26)23-18-12(9-22)6-7-29-18/h2-8H,10H2,1H3,(H,23,26). The lowest BCUT2D eigenvalue weighted by atomic mass is 10.3. The zero-order valence-electron chi connectivity index (χ0n) is 15.5. The number of nitriles is 1. The quantitative estimate of drug-likeness (QED) is 0.468. The number of hydrogen-bond acceptors (Lipinski definition) is 7. The number of halogens is 1. The van der Waals surface area contributed by atoms with Crippen molar-refractivity contribution in [2.75, 3.05) is 11.9 Å². The molecular formula is C20H13FN4O3S2. The van der Waals surface area contributed by atoms with Crippen LogP contribution in [0.1, 0.15) is 20.9 Å². The first kappa shape index (κ1) is 19.8. The van der Waals surface area contributed by atoms with Gasteiger partial charge in [0.05, 0.1) is 16.9 Å². The molecule has 0 bridgehead atoms. The fraction of sp³-hybridized carbons (Fsp3) is 0.100. The topological polar surface area (TPSA) is 97.0 Å². The number of anilines is 1. The third-order valence-electron chi connectivity index (χ3n) is 4.19. The minimum absolute atomic E-state index is 0.322. The first-order valence-corrected chi connectivity index (χ1v) is 10.4. The van der Waals surface area contributed by atoms with E-state index in [2.05, 4.69) is 10.4 Å². The van der Waals surface area contributed by atoms with Crippen molar-refractivity contribution in [2.45, 2.75) is 6.92 Å². The molecule has 10 heteroatoms. The lowest BCUT2D eigenvalue weighted by Gasteiger charge is -2.04. The molecule has 150 valence electrons. The molecule has 0 aliphatic carbocycles. The summed E-state index contributed by atoms with van der Waals surface area (Å²) in [7, 11) is 0. The molecule has 7 nitrogen and oxygen atoms in total. The second-order valence-electron chi connectivity index (χ2n) is 6.20. The highest BCUT2D eigenvalue weighted by molar-refractivity contribution is 7.20. The lowest BCUT2D eigenvalue weighted by molar-refractivity contribution is -0.119. The Kier molecular flexibility index (Phi) is 5.31. The first-order chi connectivity index (χ1) is 14.5. The van der Waals surface area contributed by atoms with E-state index < -0.39 is 18.5 Å². The van der Waals surface area contributed by atoms with Gasteiger partial charge >= 0.3 is 5.97 Å². The van der Waals surface area contributed by atoms with Crippen molar-refractivity contribution in [1.82, 2.24) is 9.78 Å². The highest BCUT2D eigenvalue weighted by atomic mass is 32.1. The van der Waals surface area contributed by atoms with Crippen LogP contribution in [0.5, 0.6) is 0 Å². The Hall–Kier alpha value is -3.55. The maximum Gasteiger partial charge on any atom is 0.348 e. The molecule has 0 saturated carbocycles. The Morgan fingerprint density at radius 1 is 1.30 bits per heavy atom. The summed E-state index contributed by atoms with van der Waals surface area (Å²) in [5, 5.41) is 18.8. The average Bonchev–Trinajstić information content (AvgIpc) is 3.43. The fourth-order valence-electron chi connectivity index (χ4n) is 2.76. The molecule has 1 aromatic carbocycles. The van der Waals surface area contributed by atoms with Crippen LogP contribution < -0.4 is 5.32 Å². The van der Waals surface area contributed by atoms with E-state index in [0.29, 0.717) is 31.7 Å². The zero-order chi connectivity index (χ0) is 21.3. The summed E-state index contributed by atoms with van der Waals surface area (Å²) < 4.78 is 20.0. The van der Waals surface area contributed by atoms with E-state index in [1.54, 1.807) is 34.3 Å². The van der Waals surface area contributed by atoms with Crippen molar-refractivity contribution in [3.8, 4) is 11.8 Å². The van der Waals surface area contributed by atoms with Crippen LogP contribution in [0.25, 0.3) is 15.9 Å². The number of carbonyl (C=O) groups excluding carboxylic acids is 2. The van der Waals surface area contributed by atoms with E-state index in [4.69, 9.17) is 10.00 Å². The number of nitrogens with one attached hydrogen (secondary N) is 1. The van der Waals surface area contributed by atoms with E-state index in [0.717, 1.165) is 5.39 Å². The summed E-state index contributed by atoms with van der Waals surface area (Å²) in [5.74, 6) is -1.52. The number of esters is 1. The molecule has 0 saturated heterocycles. The molecule has 4 aromatic rings. The normalized spacial score (nSPS) is 10.7. The molecule has 0 unspecified atom stereocenters.